The van der Waals surface area contributed by atoms with E-state index in [1.165, 1.54) is 38.5 Å². The molecule has 0 aromatic carbocycles. The second kappa shape index (κ2) is 6.01. The summed E-state index contributed by atoms with van der Waals surface area (Å²) in [6.45, 7) is 4.54. The zero-order valence-corrected chi connectivity index (χ0v) is 9.05. The van der Waals surface area contributed by atoms with Crippen molar-refractivity contribution in [3.63, 3.8) is 0 Å². The van der Waals surface area contributed by atoms with Crippen molar-refractivity contribution in [3.05, 3.63) is 23.8 Å². The molecule has 0 radical (unpaired) electrons. The Morgan fingerprint density at radius 1 is 1.15 bits per heavy atom. The van der Waals surface area contributed by atoms with Crippen LogP contribution in [0, 0.1) is 5.92 Å². The maximum absolute atomic E-state index is 2.38. The first-order chi connectivity index (χ1) is 6.38. The minimum absolute atomic E-state index is 0.784. The number of hydrogen-bond donors (Lipinski definition) is 0. The molecule has 1 atom stereocenters. The van der Waals surface area contributed by atoms with Gasteiger partial charge in [-0.2, -0.15) is 0 Å². The average molecular weight is 178 g/mol. The van der Waals surface area contributed by atoms with Gasteiger partial charge in [-0.15, -0.1) is 0 Å². The van der Waals surface area contributed by atoms with Gasteiger partial charge in [-0.05, 0) is 18.8 Å². The standard InChI is InChI=1S/C13H22/c1-3-5-6-9-13-11-7-10-12(13)8-4-2/h7,10-11,13H,3-6,8-9H2,1-2H3. The zero-order valence-electron chi connectivity index (χ0n) is 9.05. The summed E-state index contributed by atoms with van der Waals surface area (Å²) in [4.78, 5) is 0. The third-order valence-electron chi connectivity index (χ3n) is 2.79. The first kappa shape index (κ1) is 10.6. The Bertz CT molecular complexity index is 186. The maximum atomic E-state index is 2.38. The van der Waals surface area contributed by atoms with Gasteiger partial charge in [-0.3, -0.25) is 0 Å². The van der Waals surface area contributed by atoms with E-state index >= 15 is 0 Å². The molecule has 0 amide bonds. The Labute approximate surface area is 82.7 Å². The van der Waals surface area contributed by atoms with Gasteiger partial charge in [-0.1, -0.05) is 63.3 Å². The summed E-state index contributed by atoms with van der Waals surface area (Å²) in [6.07, 6.45) is 15.0. The normalized spacial score (nSPS) is 20.8. The van der Waals surface area contributed by atoms with E-state index in [0.717, 1.165) is 5.92 Å². The Balaban J connectivity index is 2.25. The van der Waals surface area contributed by atoms with Crippen LogP contribution < -0.4 is 0 Å². The fourth-order valence-corrected chi connectivity index (χ4v) is 2.01. The topological polar surface area (TPSA) is 0 Å². The van der Waals surface area contributed by atoms with Gasteiger partial charge in [0.15, 0.2) is 0 Å². The van der Waals surface area contributed by atoms with Gasteiger partial charge in [0.25, 0.3) is 0 Å². The molecule has 0 aromatic heterocycles. The van der Waals surface area contributed by atoms with Crippen LogP contribution in [-0.4, -0.2) is 0 Å². The molecule has 0 aromatic rings. The van der Waals surface area contributed by atoms with Crippen LogP contribution in [0.4, 0.5) is 0 Å². The van der Waals surface area contributed by atoms with Crippen LogP contribution in [0.2, 0.25) is 0 Å². The monoisotopic (exact) mass is 178 g/mol. The molecular weight excluding hydrogens is 156 g/mol. The third-order valence-corrected chi connectivity index (χ3v) is 2.79. The highest BCUT2D eigenvalue weighted by molar-refractivity contribution is 5.27. The second-order valence-corrected chi connectivity index (χ2v) is 3.98. The van der Waals surface area contributed by atoms with Crippen molar-refractivity contribution < 1.29 is 0 Å². The van der Waals surface area contributed by atoms with Crippen molar-refractivity contribution >= 4 is 0 Å². The minimum atomic E-state index is 0.784. The molecule has 0 bridgehead atoms. The highest BCUT2D eigenvalue weighted by Gasteiger charge is 2.12. The van der Waals surface area contributed by atoms with E-state index in [1.807, 2.05) is 0 Å². The lowest BCUT2D eigenvalue weighted by Crippen LogP contribution is -1.98. The summed E-state index contributed by atoms with van der Waals surface area (Å²) in [5, 5.41) is 0. The first-order valence-corrected chi connectivity index (χ1v) is 5.75. The maximum Gasteiger partial charge on any atom is -0.00170 e. The van der Waals surface area contributed by atoms with Crippen molar-refractivity contribution in [1.82, 2.24) is 0 Å². The largest absolute Gasteiger partial charge is 0.0773 e. The van der Waals surface area contributed by atoms with E-state index in [-0.39, 0.29) is 0 Å². The van der Waals surface area contributed by atoms with Gasteiger partial charge >= 0.3 is 0 Å². The van der Waals surface area contributed by atoms with Crippen LogP contribution in [0.15, 0.2) is 23.8 Å². The number of rotatable bonds is 6. The molecule has 0 saturated carbocycles. The van der Waals surface area contributed by atoms with Gasteiger partial charge in [0, 0.05) is 0 Å². The Morgan fingerprint density at radius 3 is 2.69 bits per heavy atom. The lowest BCUT2D eigenvalue weighted by atomic mass is 9.93. The molecular formula is C13H22. The summed E-state index contributed by atoms with van der Waals surface area (Å²) in [5.74, 6) is 0.784. The molecule has 0 nitrogen and oxygen atoms in total. The van der Waals surface area contributed by atoms with E-state index in [2.05, 4.69) is 32.1 Å². The van der Waals surface area contributed by atoms with Crippen molar-refractivity contribution in [2.45, 2.75) is 52.4 Å². The number of allylic oxidation sites excluding steroid dienone is 4. The van der Waals surface area contributed by atoms with E-state index in [1.54, 1.807) is 5.57 Å². The first-order valence-electron chi connectivity index (χ1n) is 5.75. The minimum Gasteiger partial charge on any atom is -0.0773 e. The zero-order chi connectivity index (χ0) is 9.52. The van der Waals surface area contributed by atoms with Gasteiger partial charge in [-0.25, -0.2) is 0 Å². The highest BCUT2D eigenvalue weighted by Crippen LogP contribution is 2.28. The Kier molecular flexibility index (Phi) is 4.88. The summed E-state index contributed by atoms with van der Waals surface area (Å²) in [6, 6.07) is 0. The molecule has 1 aliphatic carbocycles. The summed E-state index contributed by atoms with van der Waals surface area (Å²) < 4.78 is 0. The predicted octanol–water partition coefficient (Wildman–Crippen LogP) is 4.48. The molecule has 0 saturated heterocycles. The van der Waals surface area contributed by atoms with Gasteiger partial charge in [0.1, 0.15) is 0 Å². The van der Waals surface area contributed by atoms with Crippen LogP contribution in [0.3, 0.4) is 0 Å². The van der Waals surface area contributed by atoms with E-state index in [4.69, 9.17) is 0 Å². The SMILES string of the molecule is CCCCCC1C=CC=C1CCC. The molecule has 13 heavy (non-hydrogen) atoms. The van der Waals surface area contributed by atoms with Gasteiger partial charge in [0.2, 0.25) is 0 Å². The van der Waals surface area contributed by atoms with E-state index < -0.39 is 0 Å². The lowest BCUT2D eigenvalue weighted by Gasteiger charge is -2.12. The van der Waals surface area contributed by atoms with E-state index in [9.17, 15) is 0 Å². The summed E-state index contributed by atoms with van der Waals surface area (Å²) in [7, 11) is 0. The summed E-state index contributed by atoms with van der Waals surface area (Å²) >= 11 is 0. The van der Waals surface area contributed by atoms with Crippen molar-refractivity contribution in [1.29, 1.82) is 0 Å². The molecule has 0 fully saturated rings. The number of unbranched alkanes of at least 4 members (excludes halogenated alkanes) is 2. The molecule has 0 aliphatic heterocycles. The predicted molar refractivity (Wildman–Crippen MR) is 59.8 cm³/mol. The van der Waals surface area contributed by atoms with Crippen molar-refractivity contribution in [3.8, 4) is 0 Å². The van der Waals surface area contributed by atoms with Crippen molar-refractivity contribution in [2.75, 3.05) is 0 Å². The van der Waals surface area contributed by atoms with Gasteiger partial charge in [0.05, 0.1) is 0 Å². The molecule has 1 unspecified atom stereocenters. The molecule has 74 valence electrons. The smallest absolute Gasteiger partial charge is 0.00170 e. The second-order valence-electron chi connectivity index (χ2n) is 3.98. The lowest BCUT2D eigenvalue weighted by molar-refractivity contribution is 0.581. The van der Waals surface area contributed by atoms with Crippen LogP contribution in [0.5, 0.6) is 0 Å². The molecule has 0 heteroatoms. The van der Waals surface area contributed by atoms with Gasteiger partial charge < -0.3 is 0 Å². The highest BCUT2D eigenvalue weighted by atomic mass is 14.2. The van der Waals surface area contributed by atoms with Crippen molar-refractivity contribution in [2.24, 2.45) is 5.92 Å². The van der Waals surface area contributed by atoms with Crippen LogP contribution >= 0.6 is 0 Å². The molecule has 0 spiro atoms. The Hall–Kier alpha value is -0.520. The van der Waals surface area contributed by atoms with Crippen LogP contribution in [-0.2, 0) is 0 Å². The third kappa shape index (κ3) is 3.38. The summed E-state index contributed by atoms with van der Waals surface area (Å²) in [5.41, 5.74) is 1.67. The number of hydrogen-bond acceptors (Lipinski definition) is 0. The average Bonchev–Trinajstić information content (AvgIpc) is 2.54. The molecule has 0 N–H and O–H groups in total. The quantitative estimate of drug-likeness (QED) is 0.526. The fourth-order valence-electron chi connectivity index (χ4n) is 2.01. The van der Waals surface area contributed by atoms with E-state index in [0.29, 0.717) is 0 Å². The Morgan fingerprint density at radius 2 is 2.00 bits per heavy atom. The van der Waals surface area contributed by atoms with Crippen LogP contribution in [0.25, 0.3) is 0 Å². The molecule has 1 rings (SSSR count). The molecule has 0 heterocycles. The van der Waals surface area contributed by atoms with Crippen LogP contribution in [0.1, 0.15) is 52.4 Å². The fraction of sp³-hybridized carbons (Fsp3) is 0.692. The molecule has 1 aliphatic rings.